The second-order valence-corrected chi connectivity index (χ2v) is 6.28. The molecule has 2 aromatic carbocycles. The van der Waals surface area contributed by atoms with Gasteiger partial charge in [-0.1, -0.05) is 18.2 Å². The van der Waals surface area contributed by atoms with Crippen molar-refractivity contribution in [2.45, 2.75) is 0 Å². The average molecular weight is 370 g/mol. The molecule has 1 saturated heterocycles. The van der Waals surface area contributed by atoms with Gasteiger partial charge in [-0.25, -0.2) is 13.8 Å². The zero-order chi connectivity index (χ0) is 19.0. The number of aromatic nitrogens is 2. The molecule has 138 valence electrons. The minimum absolute atomic E-state index is 0.234. The number of fused-ring (bicyclic) bond motifs is 1. The van der Waals surface area contributed by atoms with Gasteiger partial charge in [-0.2, -0.15) is 0 Å². The maximum atomic E-state index is 13.8. The molecule has 1 aromatic heterocycles. The third kappa shape index (κ3) is 3.14. The molecule has 0 atom stereocenters. The van der Waals surface area contributed by atoms with Gasteiger partial charge in [0.15, 0.2) is 0 Å². The van der Waals surface area contributed by atoms with Gasteiger partial charge in [0, 0.05) is 26.2 Å². The van der Waals surface area contributed by atoms with Crippen molar-refractivity contribution in [3.63, 3.8) is 0 Å². The summed E-state index contributed by atoms with van der Waals surface area (Å²) in [6.45, 7) is 1.32. The van der Waals surface area contributed by atoms with Crippen molar-refractivity contribution < 1.29 is 13.6 Å². The Morgan fingerprint density at radius 2 is 1.63 bits per heavy atom. The van der Waals surface area contributed by atoms with E-state index in [2.05, 4.69) is 9.97 Å². The topological polar surface area (TPSA) is 69.3 Å². The number of halogens is 2. The maximum absolute atomic E-state index is 13.8. The third-order valence-electron chi connectivity index (χ3n) is 4.64. The van der Waals surface area contributed by atoms with Crippen LogP contribution in [0.3, 0.4) is 0 Å². The van der Waals surface area contributed by atoms with Crippen molar-refractivity contribution in [1.29, 1.82) is 0 Å². The molecule has 1 amide bonds. The highest BCUT2D eigenvalue weighted by atomic mass is 19.1. The lowest BCUT2D eigenvalue weighted by molar-refractivity contribution is 0.0736. The largest absolute Gasteiger partial charge is 0.339 e. The standard InChI is InChI=1S/C19H16F2N4O2/c20-13-5-3-6-14(21)16(13)18(27)24-8-10-25(11-9-24)19-22-15-7-2-1-4-12(15)17(26)23-19/h1-7H,8-11H2,(H,22,23,26). The third-order valence-corrected chi connectivity index (χ3v) is 4.64. The van der Waals surface area contributed by atoms with Crippen LogP contribution in [-0.4, -0.2) is 47.0 Å². The summed E-state index contributed by atoms with van der Waals surface area (Å²) in [6, 6.07) is 10.4. The Morgan fingerprint density at radius 1 is 0.963 bits per heavy atom. The Hall–Kier alpha value is -3.29. The second-order valence-electron chi connectivity index (χ2n) is 6.28. The molecule has 1 N–H and O–H groups in total. The van der Waals surface area contributed by atoms with Gasteiger partial charge in [0.05, 0.1) is 10.9 Å². The Morgan fingerprint density at radius 3 is 2.33 bits per heavy atom. The van der Waals surface area contributed by atoms with Gasteiger partial charge >= 0.3 is 0 Å². The van der Waals surface area contributed by atoms with Crippen LogP contribution >= 0.6 is 0 Å². The van der Waals surface area contributed by atoms with Crippen LogP contribution in [-0.2, 0) is 0 Å². The molecule has 1 aliphatic rings. The lowest BCUT2D eigenvalue weighted by Crippen LogP contribution is -2.49. The zero-order valence-electron chi connectivity index (χ0n) is 14.3. The minimum Gasteiger partial charge on any atom is -0.339 e. The number of aromatic amines is 1. The number of anilines is 1. The Kier molecular flexibility index (Phi) is 4.31. The summed E-state index contributed by atoms with van der Waals surface area (Å²) < 4.78 is 27.7. The van der Waals surface area contributed by atoms with Crippen LogP contribution in [0.25, 0.3) is 10.9 Å². The average Bonchev–Trinajstić information content (AvgIpc) is 2.68. The first-order valence-electron chi connectivity index (χ1n) is 8.52. The maximum Gasteiger partial charge on any atom is 0.260 e. The fraction of sp³-hybridized carbons (Fsp3) is 0.211. The lowest BCUT2D eigenvalue weighted by atomic mass is 10.1. The fourth-order valence-corrected chi connectivity index (χ4v) is 3.21. The van der Waals surface area contributed by atoms with Crippen LogP contribution in [0.15, 0.2) is 47.3 Å². The molecule has 4 rings (SSSR count). The van der Waals surface area contributed by atoms with E-state index in [0.717, 1.165) is 12.1 Å². The number of H-pyrrole nitrogens is 1. The molecule has 0 aliphatic carbocycles. The Balaban J connectivity index is 1.52. The number of rotatable bonds is 2. The van der Waals surface area contributed by atoms with E-state index in [-0.39, 0.29) is 18.6 Å². The first-order chi connectivity index (χ1) is 13.0. The smallest absolute Gasteiger partial charge is 0.260 e. The number of hydrogen-bond donors (Lipinski definition) is 1. The van der Waals surface area contributed by atoms with E-state index in [1.165, 1.54) is 11.0 Å². The molecule has 0 bridgehead atoms. The van der Waals surface area contributed by atoms with E-state index < -0.39 is 23.1 Å². The number of para-hydroxylation sites is 1. The van der Waals surface area contributed by atoms with Crippen molar-refractivity contribution in [3.05, 3.63) is 70.0 Å². The molecule has 0 spiro atoms. The number of hydrogen-bond acceptors (Lipinski definition) is 4. The van der Waals surface area contributed by atoms with Crippen LogP contribution in [0.1, 0.15) is 10.4 Å². The van der Waals surface area contributed by atoms with Crippen molar-refractivity contribution in [1.82, 2.24) is 14.9 Å². The minimum atomic E-state index is -0.872. The molecule has 6 nitrogen and oxygen atoms in total. The van der Waals surface area contributed by atoms with Gasteiger partial charge < -0.3 is 9.80 Å². The number of piperazine rings is 1. The Labute approximate surface area is 153 Å². The van der Waals surface area contributed by atoms with Crippen molar-refractivity contribution in [3.8, 4) is 0 Å². The zero-order valence-corrected chi connectivity index (χ0v) is 14.3. The SMILES string of the molecule is O=C(c1c(F)cccc1F)N1CCN(c2nc3ccccc3c(=O)[nH]2)CC1. The quantitative estimate of drug-likeness (QED) is 0.751. The number of nitrogens with one attached hydrogen (secondary N) is 1. The molecule has 3 aromatic rings. The van der Waals surface area contributed by atoms with Crippen LogP contribution in [0, 0.1) is 11.6 Å². The number of carbonyl (C=O) groups excluding carboxylic acids is 1. The van der Waals surface area contributed by atoms with Gasteiger partial charge in [-0.15, -0.1) is 0 Å². The van der Waals surface area contributed by atoms with Crippen LogP contribution in [0.2, 0.25) is 0 Å². The van der Waals surface area contributed by atoms with E-state index in [1.807, 2.05) is 4.90 Å². The molecule has 1 fully saturated rings. The summed E-state index contributed by atoms with van der Waals surface area (Å²) in [5.74, 6) is -2.00. The monoisotopic (exact) mass is 370 g/mol. The van der Waals surface area contributed by atoms with Crippen LogP contribution < -0.4 is 10.5 Å². The summed E-state index contributed by atoms with van der Waals surface area (Å²) in [7, 11) is 0. The number of benzene rings is 2. The van der Waals surface area contributed by atoms with Gasteiger partial charge in [0.2, 0.25) is 5.95 Å². The highest BCUT2D eigenvalue weighted by Crippen LogP contribution is 2.18. The van der Waals surface area contributed by atoms with Crippen molar-refractivity contribution >= 4 is 22.8 Å². The summed E-state index contributed by atoms with van der Waals surface area (Å²) in [5, 5.41) is 0.505. The molecular formula is C19H16F2N4O2. The first-order valence-corrected chi connectivity index (χ1v) is 8.52. The Bertz CT molecular complexity index is 1050. The van der Waals surface area contributed by atoms with Gasteiger partial charge in [-0.05, 0) is 24.3 Å². The number of amides is 1. The van der Waals surface area contributed by atoms with E-state index >= 15 is 0 Å². The molecular weight excluding hydrogens is 354 g/mol. The highest BCUT2D eigenvalue weighted by molar-refractivity contribution is 5.95. The summed E-state index contributed by atoms with van der Waals surface area (Å²) in [5.41, 5.74) is -0.186. The van der Waals surface area contributed by atoms with Crippen LogP contribution in [0.4, 0.5) is 14.7 Å². The van der Waals surface area contributed by atoms with Gasteiger partial charge in [0.25, 0.3) is 11.5 Å². The summed E-state index contributed by atoms with van der Waals surface area (Å²) in [4.78, 5) is 35.1. The molecule has 1 aliphatic heterocycles. The van der Waals surface area contributed by atoms with Gasteiger partial charge in [-0.3, -0.25) is 14.6 Å². The van der Waals surface area contributed by atoms with Crippen molar-refractivity contribution in [2.75, 3.05) is 31.1 Å². The molecule has 8 heteroatoms. The van der Waals surface area contributed by atoms with E-state index in [0.29, 0.717) is 29.9 Å². The summed E-state index contributed by atoms with van der Waals surface area (Å²) >= 11 is 0. The highest BCUT2D eigenvalue weighted by Gasteiger charge is 2.27. The molecule has 0 unspecified atom stereocenters. The molecule has 2 heterocycles. The normalized spacial score (nSPS) is 14.6. The number of carbonyl (C=O) groups is 1. The van der Waals surface area contributed by atoms with Crippen molar-refractivity contribution in [2.24, 2.45) is 0 Å². The first kappa shape index (κ1) is 17.1. The second kappa shape index (κ2) is 6.79. The predicted octanol–water partition coefficient (Wildman–Crippen LogP) is 2.16. The lowest BCUT2D eigenvalue weighted by Gasteiger charge is -2.35. The number of nitrogens with zero attached hydrogens (tertiary/aromatic N) is 3. The van der Waals surface area contributed by atoms with Crippen LogP contribution in [0.5, 0.6) is 0 Å². The molecule has 0 radical (unpaired) electrons. The summed E-state index contributed by atoms with van der Waals surface area (Å²) in [6.07, 6.45) is 0. The van der Waals surface area contributed by atoms with E-state index in [9.17, 15) is 18.4 Å². The van der Waals surface area contributed by atoms with E-state index in [4.69, 9.17) is 0 Å². The fourth-order valence-electron chi connectivity index (χ4n) is 3.21. The molecule has 0 saturated carbocycles. The van der Waals surface area contributed by atoms with Gasteiger partial charge in [0.1, 0.15) is 17.2 Å². The molecule has 27 heavy (non-hydrogen) atoms. The van der Waals surface area contributed by atoms with E-state index in [1.54, 1.807) is 24.3 Å². The predicted molar refractivity (Wildman–Crippen MR) is 96.8 cm³/mol.